The first-order valence-electron chi connectivity index (χ1n) is 7.84. The van der Waals surface area contributed by atoms with E-state index in [9.17, 15) is 14.0 Å². The number of amides is 3. The fourth-order valence-corrected chi connectivity index (χ4v) is 2.88. The van der Waals surface area contributed by atoms with Gasteiger partial charge < -0.3 is 16.4 Å². The molecule has 2 aromatic carbocycles. The van der Waals surface area contributed by atoms with E-state index in [0.717, 1.165) is 0 Å². The third-order valence-electron chi connectivity index (χ3n) is 3.69. The summed E-state index contributed by atoms with van der Waals surface area (Å²) in [6.07, 6.45) is 0. The maximum Gasteiger partial charge on any atom is 0.316 e. The minimum absolute atomic E-state index is 0.100. The van der Waals surface area contributed by atoms with Crippen LogP contribution in [0, 0.1) is 12.7 Å². The third kappa shape index (κ3) is 4.06. The summed E-state index contributed by atoms with van der Waals surface area (Å²) in [5.41, 5.74) is 7.08. The van der Waals surface area contributed by atoms with Crippen molar-refractivity contribution in [3.8, 4) is 5.69 Å². The zero-order chi connectivity index (χ0) is 19.6. The fraction of sp³-hybridized carbons (Fsp3) is 0.0556. The van der Waals surface area contributed by atoms with Gasteiger partial charge in [-0.1, -0.05) is 17.7 Å². The first-order chi connectivity index (χ1) is 12.8. The zero-order valence-electron chi connectivity index (χ0n) is 14.2. The van der Waals surface area contributed by atoms with Crippen LogP contribution in [0.15, 0.2) is 48.5 Å². The number of nitrogens with zero attached hydrogens (tertiary/aromatic N) is 2. The van der Waals surface area contributed by atoms with Crippen molar-refractivity contribution < 1.29 is 14.0 Å². The van der Waals surface area contributed by atoms with Crippen LogP contribution in [0.3, 0.4) is 0 Å². The molecule has 0 radical (unpaired) electrons. The molecule has 0 aliphatic carbocycles. The normalized spacial score (nSPS) is 10.5. The third-order valence-corrected chi connectivity index (χ3v) is 4.04. The van der Waals surface area contributed by atoms with E-state index in [1.807, 2.05) is 0 Å². The van der Waals surface area contributed by atoms with Crippen LogP contribution in [-0.4, -0.2) is 21.7 Å². The molecule has 1 aromatic heterocycles. The molecular formula is C18H15ClFN5O2. The number of aryl methyl sites for hydroxylation is 1. The number of urea groups is 1. The number of hydrogen-bond donors (Lipinski definition) is 3. The van der Waals surface area contributed by atoms with Gasteiger partial charge in [-0.3, -0.25) is 4.79 Å². The topological polar surface area (TPSA) is 102 Å². The van der Waals surface area contributed by atoms with Crippen molar-refractivity contribution in [1.29, 1.82) is 0 Å². The quantitative estimate of drug-likeness (QED) is 0.635. The molecule has 0 atom stereocenters. The molecule has 0 spiro atoms. The highest BCUT2D eigenvalue weighted by molar-refractivity contribution is 6.34. The minimum Gasteiger partial charge on any atom is -0.351 e. The number of carbonyl (C=O) groups excluding carboxylic acids is 2. The molecule has 0 saturated carbocycles. The van der Waals surface area contributed by atoms with Crippen LogP contribution < -0.4 is 16.4 Å². The molecule has 0 bridgehead atoms. The number of nitrogens with two attached hydrogens (primary N) is 1. The Morgan fingerprint density at radius 1 is 1.11 bits per heavy atom. The highest BCUT2D eigenvalue weighted by Gasteiger charge is 2.21. The molecule has 3 rings (SSSR count). The predicted molar refractivity (Wildman–Crippen MR) is 101 cm³/mol. The number of carbonyl (C=O) groups is 2. The molecule has 0 unspecified atom stereocenters. The minimum atomic E-state index is -0.710. The lowest BCUT2D eigenvalue weighted by Gasteiger charge is -2.08. The number of benzene rings is 2. The van der Waals surface area contributed by atoms with Crippen molar-refractivity contribution in [2.75, 3.05) is 10.6 Å². The Morgan fingerprint density at radius 2 is 1.74 bits per heavy atom. The van der Waals surface area contributed by atoms with Crippen LogP contribution in [0.2, 0.25) is 5.15 Å². The first-order valence-corrected chi connectivity index (χ1v) is 8.22. The maximum absolute atomic E-state index is 13.1. The summed E-state index contributed by atoms with van der Waals surface area (Å²) in [5, 5.41) is 9.48. The Morgan fingerprint density at radius 3 is 2.37 bits per heavy atom. The number of aromatic nitrogens is 2. The summed E-state index contributed by atoms with van der Waals surface area (Å²) in [7, 11) is 0. The molecule has 27 heavy (non-hydrogen) atoms. The van der Waals surface area contributed by atoms with Gasteiger partial charge >= 0.3 is 6.03 Å². The predicted octanol–water partition coefficient (Wildman–Crippen LogP) is 3.72. The Kier molecular flexibility index (Phi) is 5.09. The summed E-state index contributed by atoms with van der Waals surface area (Å²) < 4.78 is 14.5. The van der Waals surface area contributed by atoms with Crippen LogP contribution in [0.1, 0.15) is 16.1 Å². The molecule has 4 N–H and O–H groups in total. The molecule has 3 amide bonds. The van der Waals surface area contributed by atoms with Crippen molar-refractivity contribution in [3.05, 3.63) is 70.8 Å². The smallest absolute Gasteiger partial charge is 0.316 e. The lowest BCUT2D eigenvalue weighted by Crippen LogP contribution is -2.19. The molecular weight excluding hydrogens is 373 g/mol. The van der Waals surface area contributed by atoms with Gasteiger partial charge in [-0.25, -0.2) is 13.9 Å². The van der Waals surface area contributed by atoms with Crippen LogP contribution in [0.4, 0.5) is 20.6 Å². The molecule has 7 nitrogen and oxygen atoms in total. The molecule has 9 heteroatoms. The summed E-state index contributed by atoms with van der Waals surface area (Å²) in [4.78, 5) is 23.6. The van der Waals surface area contributed by atoms with Crippen LogP contribution in [0.25, 0.3) is 5.69 Å². The first kappa shape index (κ1) is 18.4. The Labute approximate surface area is 158 Å². The number of halogens is 2. The van der Waals surface area contributed by atoms with Gasteiger partial charge in [0.2, 0.25) is 0 Å². The standard InChI is InChI=1S/C18H15ClFN5O2/c1-10-15(16(19)25(24-10)14-7-5-11(20)6-8-14)17(26)22-12-3-2-4-13(9-12)23-18(21)27/h2-9H,1H3,(H,22,26)(H3,21,23,27). The number of anilines is 2. The molecule has 0 saturated heterocycles. The summed E-state index contributed by atoms with van der Waals surface area (Å²) >= 11 is 6.34. The van der Waals surface area contributed by atoms with Gasteiger partial charge in [0.05, 0.1) is 11.4 Å². The largest absolute Gasteiger partial charge is 0.351 e. The summed E-state index contributed by atoms with van der Waals surface area (Å²) in [6.45, 7) is 1.64. The van der Waals surface area contributed by atoms with Gasteiger partial charge in [0, 0.05) is 11.4 Å². The van der Waals surface area contributed by atoms with Crippen LogP contribution >= 0.6 is 11.6 Å². The van der Waals surface area contributed by atoms with Gasteiger partial charge in [0.1, 0.15) is 16.5 Å². The number of nitrogens with one attached hydrogen (secondary N) is 2. The monoisotopic (exact) mass is 387 g/mol. The summed E-state index contributed by atoms with van der Waals surface area (Å²) in [6, 6.07) is 11.3. The van der Waals surface area contributed by atoms with Crippen molar-refractivity contribution in [3.63, 3.8) is 0 Å². The SMILES string of the molecule is Cc1nn(-c2ccc(F)cc2)c(Cl)c1C(=O)Nc1cccc(NC(N)=O)c1. The van der Waals surface area contributed by atoms with E-state index in [1.165, 1.54) is 28.9 Å². The Hall–Kier alpha value is -3.39. The zero-order valence-corrected chi connectivity index (χ0v) is 14.9. The molecule has 0 fully saturated rings. The van der Waals surface area contributed by atoms with Crippen molar-refractivity contribution in [1.82, 2.24) is 9.78 Å². The Balaban J connectivity index is 1.87. The molecule has 0 aliphatic heterocycles. The highest BCUT2D eigenvalue weighted by atomic mass is 35.5. The van der Waals surface area contributed by atoms with E-state index >= 15 is 0 Å². The van der Waals surface area contributed by atoms with E-state index in [0.29, 0.717) is 22.8 Å². The highest BCUT2D eigenvalue weighted by Crippen LogP contribution is 2.25. The molecule has 138 valence electrons. The van der Waals surface area contributed by atoms with Gasteiger partial charge in [-0.2, -0.15) is 5.10 Å². The Bertz CT molecular complexity index is 1020. The lowest BCUT2D eigenvalue weighted by atomic mass is 10.2. The fourth-order valence-electron chi connectivity index (χ4n) is 2.52. The van der Waals surface area contributed by atoms with E-state index in [-0.39, 0.29) is 16.5 Å². The average Bonchev–Trinajstić information content (AvgIpc) is 2.90. The lowest BCUT2D eigenvalue weighted by molar-refractivity contribution is 0.102. The molecule has 3 aromatic rings. The van der Waals surface area contributed by atoms with Crippen LogP contribution in [-0.2, 0) is 0 Å². The van der Waals surface area contributed by atoms with Gasteiger partial charge in [-0.05, 0) is 49.4 Å². The second kappa shape index (κ2) is 7.46. The van der Waals surface area contributed by atoms with E-state index in [2.05, 4.69) is 15.7 Å². The van der Waals surface area contributed by atoms with E-state index < -0.39 is 11.9 Å². The second-order valence-corrected chi connectivity index (χ2v) is 6.02. The van der Waals surface area contributed by atoms with E-state index in [1.54, 1.807) is 31.2 Å². The van der Waals surface area contributed by atoms with Crippen molar-refractivity contribution in [2.24, 2.45) is 5.73 Å². The number of primary amides is 1. The van der Waals surface area contributed by atoms with Crippen LogP contribution in [0.5, 0.6) is 0 Å². The van der Waals surface area contributed by atoms with E-state index in [4.69, 9.17) is 17.3 Å². The summed E-state index contributed by atoms with van der Waals surface area (Å²) in [5.74, 6) is -0.858. The number of hydrogen-bond acceptors (Lipinski definition) is 3. The van der Waals surface area contributed by atoms with Gasteiger partial charge in [-0.15, -0.1) is 0 Å². The maximum atomic E-state index is 13.1. The molecule has 0 aliphatic rings. The second-order valence-electron chi connectivity index (χ2n) is 5.66. The van der Waals surface area contributed by atoms with Gasteiger partial charge in [0.25, 0.3) is 5.91 Å². The van der Waals surface area contributed by atoms with Crippen molar-refractivity contribution in [2.45, 2.75) is 6.92 Å². The van der Waals surface area contributed by atoms with Gasteiger partial charge in [0.15, 0.2) is 0 Å². The average molecular weight is 388 g/mol. The number of rotatable bonds is 4. The molecule has 1 heterocycles. The van der Waals surface area contributed by atoms with Crippen molar-refractivity contribution >= 4 is 34.9 Å².